The van der Waals surface area contributed by atoms with Crippen LogP contribution in [0.15, 0.2) is 24.4 Å². The first-order chi connectivity index (χ1) is 9.11. The molecule has 100 valence electrons. The zero-order valence-electron chi connectivity index (χ0n) is 11.7. The molecule has 0 saturated heterocycles. The van der Waals surface area contributed by atoms with E-state index in [1.807, 2.05) is 32.0 Å². The predicted octanol–water partition coefficient (Wildman–Crippen LogP) is 2.14. The van der Waals surface area contributed by atoms with Gasteiger partial charge in [-0.3, -0.25) is 4.98 Å². The van der Waals surface area contributed by atoms with E-state index in [9.17, 15) is 0 Å². The van der Waals surface area contributed by atoms with Gasteiger partial charge in [0, 0.05) is 23.3 Å². The normalized spacial score (nSPS) is 12.4. The molecule has 0 spiro atoms. The van der Waals surface area contributed by atoms with Gasteiger partial charge in [-0.25, -0.2) is 9.97 Å². The van der Waals surface area contributed by atoms with Crippen LogP contribution in [0.5, 0.6) is 0 Å². The highest BCUT2D eigenvalue weighted by atomic mass is 14.9. The Labute approximate surface area is 114 Å². The first-order valence-electron chi connectivity index (χ1n) is 6.55. The van der Waals surface area contributed by atoms with Crippen LogP contribution < -0.4 is 5.73 Å². The molecular formula is C15H20N4. The van der Waals surface area contributed by atoms with Crippen LogP contribution in [0, 0.1) is 13.8 Å². The highest BCUT2D eigenvalue weighted by molar-refractivity contribution is 5.29. The van der Waals surface area contributed by atoms with E-state index in [0.29, 0.717) is 18.9 Å². The summed E-state index contributed by atoms with van der Waals surface area (Å²) in [6, 6.07) is 5.88. The number of nitrogens with two attached hydrogens (primary N) is 1. The summed E-state index contributed by atoms with van der Waals surface area (Å²) in [7, 11) is 0. The number of pyridine rings is 1. The predicted molar refractivity (Wildman–Crippen MR) is 76.0 cm³/mol. The van der Waals surface area contributed by atoms with Crippen LogP contribution in [-0.4, -0.2) is 21.5 Å². The fourth-order valence-corrected chi connectivity index (χ4v) is 2.37. The molecule has 0 amide bonds. The summed E-state index contributed by atoms with van der Waals surface area (Å²) in [5.41, 5.74) is 9.95. The highest BCUT2D eigenvalue weighted by Crippen LogP contribution is 2.20. The van der Waals surface area contributed by atoms with Gasteiger partial charge in [0.1, 0.15) is 5.82 Å². The molecule has 0 aliphatic carbocycles. The van der Waals surface area contributed by atoms with Gasteiger partial charge >= 0.3 is 0 Å². The maximum absolute atomic E-state index is 5.74. The Morgan fingerprint density at radius 2 is 1.84 bits per heavy atom. The Morgan fingerprint density at radius 1 is 1.16 bits per heavy atom. The fraction of sp³-hybridized carbons (Fsp3) is 0.400. The van der Waals surface area contributed by atoms with Crippen LogP contribution in [0.3, 0.4) is 0 Å². The van der Waals surface area contributed by atoms with Crippen molar-refractivity contribution in [2.24, 2.45) is 5.73 Å². The summed E-state index contributed by atoms with van der Waals surface area (Å²) < 4.78 is 0. The van der Waals surface area contributed by atoms with Crippen molar-refractivity contribution in [1.29, 1.82) is 0 Å². The van der Waals surface area contributed by atoms with Crippen molar-refractivity contribution in [3.63, 3.8) is 0 Å². The second-order valence-electron chi connectivity index (χ2n) is 4.86. The molecular weight excluding hydrogens is 236 g/mol. The largest absolute Gasteiger partial charge is 0.330 e. The second-order valence-corrected chi connectivity index (χ2v) is 4.86. The summed E-state index contributed by atoms with van der Waals surface area (Å²) in [5.74, 6) is 1.12. The average molecular weight is 256 g/mol. The van der Waals surface area contributed by atoms with Crippen LogP contribution in [0.25, 0.3) is 0 Å². The molecule has 0 aliphatic rings. The van der Waals surface area contributed by atoms with Crippen molar-refractivity contribution < 1.29 is 0 Å². The lowest BCUT2D eigenvalue weighted by molar-refractivity contribution is 0.732. The van der Waals surface area contributed by atoms with Gasteiger partial charge in [-0.05, 0) is 44.0 Å². The third-order valence-corrected chi connectivity index (χ3v) is 3.28. The monoisotopic (exact) mass is 256 g/mol. The SMILES string of the molecule is Cc1nc(Cc2ccccn2)nc(C)c1C(C)CN. The maximum atomic E-state index is 5.74. The number of hydrogen-bond donors (Lipinski definition) is 1. The smallest absolute Gasteiger partial charge is 0.134 e. The lowest BCUT2D eigenvalue weighted by atomic mass is 9.98. The van der Waals surface area contributed by atoms with Crippen molar-refractivity contribution in [2.75, 3.05) is 6.54 Å². The number of nitrogens with zero attached hydrogens (tertiary/aromatic N) is 3. The summed E-state index contributed by atoms with van der Waals surface area (Å²) in [6.07, 6.45) is 2.46. The van der Waals surface area contributed by atoms with Crippen LogP contribution in [0.2, 0.25) is 0 Å². The van der Waals surface area contributed by atoms with Gasteiger partial charge in [0.05, 0.1) is 6.42 Å². The quantitative estimate of drug-likeness (QED) is 0.910. The molecule has 1 unspecified atom stereocenters. The van der Waals surface area contributed by atoms with Crippen molar-refractivity contribution in [3.8, 4) is 0 Å². The molecule has 2 aromatic rings. The average Bonchev–Trinajstić information content (AvgIpc) is 2.38. The number of aromatic nitrogens is 3. The molecule has 0 aromatic carbocycles. The van der Waals surface area contributed by atoms with E-state index in [1.165, 1.54) is 5.56 Å². The zero-order valence-corrected chi connectivity index (χ0v) is 11.7. The molecule has 0 radical (unpaired) electrons. The van der Waals surface area contributed by atoms with Crippen LogP contribution in [0.4, 0.5) is 0 Å². The highest BCUT2D eigenvalue weighted by Gasteiger charge is 2.14. The van der Waals surface area contributed by atoms with Crippen molar-refractivity contribution in [2.45, 2.75) is 33.1 Å². The maximum Gasteiger partial charge on any atom is 0.134 e. The molecule has 2 heterocycles. The summed E-state index contributed by atoms with van der Waals surface area (Å²) in [5, 5.41) is 0. The van der Waals surface area contributed by atoms with E-state index in [1.54, 1.807) is 6.20 Å². The molecule has 1 atom stereocenters. The molecule has 2 rings (SSSR count). The Hall–Kier alpha value is -1.81. The van der Waals surface area contributed by atoms with Gasteiger partial charge in [0.2, 0.25) is 0 Å². The molecule has 4 heteroatoms. The number of rotatable bonds is 4. The van der Waals surface area contributed by atoms with E-state index in [-0.39, 0.29) is 0 Å². The first-order valence-corrected chi connectivity index (χ1v) is 6.55. The van der Waals surface area contributed by atoms with E-state index in [2.05, 4.69) is 21.9 Å². The lowest BCUT2D eigenvalue weighted by Gasteiger charge is -2.15. The zero-order chi connectivity index (χ0) is 13.8. The molecule has 2 aromatic heterocycles. The van der Waals surface area contributed by atoms with Gasteiger partial charge in [-0.1, -0.05) is 13.0 Å². The molecule has 0 aliphatic heterocycles. The minimum Gasteiger partial charge on any atom is -0.330 e. The van der Waals surface area contributed by atoms with E-state index >= 15 is 0 Å². The molecule has 0 fully saturated rings. The number of aryl methyl sites for hydroxylation is 2. The molecule has 0 bridgehead atoms. The van der Waals surface area contributed by atoms with Gasteiger partial charge < -0.3 is 5.73 Å². The van der Waals surface area contributed by atoms with Crippen molar-refractivity contribution in [3.05, 3.63) is 52.9 Å². The molecule has 19 heavy (non-hydrogen) atoms. The van der Waals surface area contributed by atoms with Crippen molar-refractivity contribution >= 4 is 0 Å². The van der Waals surface area contributed by atoms with Gasteiger partial charge in [-0.15, -0.1) is 0 Å². The van der Waals surface area contributed by atoms with Crippen LogP contribution >= 0.6 is 0 Å². The Bertz CT molecular complexity index is 528. The number of hydrogen-bond acceptors (Lipinski definition) is 4. The van der Waals surface area contributed by atoms with Crippen LogP contribution in [-0.2, 0) is 6.42 Å². The second kappa shape index (κ2) is 5.89. The topological polar surface area (TPSA) is 64.7 Å². The summed E-state index contributed by atoms with van der Waals surface area (Å²) in [6.45, 7) is 6.78. The molecule has 2 N–H and O–H groups in total. The van der Waals surface area contributed by atoms with Crippen LogP contribution in [0.1, 0.15) is 41.3 Å². The van der Waals surface area contributed by atoms with Gasteiger partial charge in [0.15, 0.2) is 0 Å². The minimum atomic E-state index is 0.295. The van der Waals surface area contributed by atoms with E-state index in [4.69, 9.17) is 5.73 Å². The molecule has 4 nitrogen and oxygen atoms in total. The van der Waals surface area contributed by atoms with E-state index in [0.717, 1.165) is 22.9 Å². The van der Waals surface area contributed by atoms with E-state index < -0.39 is 0 Å². The van der Waals surface area contributed by atoms with Gasteiger partial charge in [0.25, 0.3) is 0 Å². The Morgan fingerprint density at radius 3 is 2.37 bits per heavy atom. The van der Waals surface area contributed by atoms with Crippen molar-refractivity contribution in [1.82, 2.24) is 15.0 Å². The summed E-state index contributed by atoms with van der Waals surface area (Å²) >= 11 is 0. The molecule has 0 saturated carbocycles. The third-order valence-electron chi connectivity index (χ3n) is 3.28. The fourth-order valence-electron chi connectivity index (χ4n) is 2.37. The lowest BCUT2D eigenvalue weighted by Crippen LogP contribution is -2.15. The minimum absolute atomic E-state index is 0.295. The first kappa shape index (κ1) is 13.6. The standard InChI is InChI=1S/C15H20N4/c1-10(9-16)15-11(2)18-14(19-12(15)3)8-13-6-4-5-7-17-13/h4-7,10H,8-9,16H2,1-3H3. The Balaban J connectivity index is 2.30. The Kier molecular flexibility index (Phi) is 4.22. The van der Waals surface area contributed by atoms with Gasteiger partial charge in [-0.2, -0.15) is 0 Å². The third kappa shape index (κ3) is 3.15. The summed E-state index contributed by atoms with van der Waals surface area (Å²) in [4.78, 5) is 13.5.